The van der Waals surface area contributed by atoms with Crippen molar-refractivity contribution < 1.29 is 27.5 Å². The van der Waals surface area contributed by atoms with Gasteiger partial charge in [0.1, 0.15) is 12.3 Å². The molecule has 0 bridgehead atoms. The first-order chi connectivity index (χ1) is 16.2. The molecule has 0 fully saturated rings. The molecule has 0 aliphatic rings. The van der Waals surface area contributed by atoms with Gasteiger partial charge in [-0.15, -0.1) is 0 Å². The second-order valence-corrected chi connectivity index (χ2v) is 9.48. The second-order valence-electron chi connectivity index (χ2n) is 7.18. The van der Waals surface area contributed by atoms with Gasteiger partial charge in [-0.25, -0.2) is 13.2 Å². The minimum absolute atomic E-state index is 0.0232. The summed E-state index contributed by atoms with van der Waals surface area (Å²) in [5.41, 5.74) is 1.37. The maximum Gasteiger partial charge on any atom is 0.338 e. The highest BCUT2D eigenvalue weighted by molar-refractivity contribution is 7.92. The van der Waals surface area contributed by atoms with E-state index in [1.54, 1.807) is 43.3 Å². The Morgan fingerprint density at radius 1 is 1.00 bits per heavy atom. The van der Waals surface area contributed by atoms with Crippen LogP contribution in [0.2, 0.25) is 5.02 Å². The number of carbonyl (C=O) groups is 2. The normalized spacial score (nSPS) is 10.9. The van der Waals surface area contributed by atoms with Gasteiger partial charge < -0.3 is 14.8 Å². The summed E-state index contributed by atoms with van der Waals surface area (Å²) in [7, 11) is -1.40. The van der Waals surface area contributed by atoms with Crippen molar-refractivity contribution >= 4 is 44.9 Å². The maximum atomic E-state index is 13.5. The Morgan fingerprint density at radius 3 is 2.29 bits per heavy atom. The second kappa shape index (κ2) is 10.6. The first-order valence-electron chi connectivity index (χ1n) is 10.1. The standard InChI is InChI=1S/C24H23ClN2O6S/c1-16-21(24(29)33-3)8-5-9-22(16)26-23(28)15-27(18-7-4-6-17(25)14-18)34(30,31)20-12-10-19(32-2)11-13-20/h4-14H,15H2,1-3H3,(H,26,28). The Labute approximate surface area is 203 Å². The molecule has 3 aromatic carbocycles. The fraction of sp³-hybridized carbons (Fsp3) is 0.167. The van der Waals surface area contributed by atoms with Crippen LogP contribution < -0.4 is 14.4 Å². The van der Waals surface area contributed by atoms with Crippen LogP contribution in [0, 0.1) is 6.92 Å². The predicted molar refractivity (Wildman–Crippen MR) is 130 cm³/mol. The third-order valence-corrected chi connectivity index (χ3v) is 7.07. The van der Waals surface area contributed by atoms with Gasteiger partial charge in [0, 0.05) is 10.7 Å². The molecule has 34 heavy (non-hydrogen) atoms. The molecule has 178 valence electrons. The average molecular weight is 503 g/mol. The Kier molecular flexibility index (Phi) is 7.80. The lowest BCUT2D eigenvalue weighted by Crippen LogP contribution is -2.38. The summed E-state index contributed by atoms with van der Waals surface area (Å²) in [4.78, 5) is 24.9. The van der Waals surface area contributed by atoms with Gasteiger partial charge in [0.2, 0.25) is 5.91 Å². The van der Waals surface area contributed by atoms with Crippen LogP contribution in [-0.4, -0.2) is 41.1 Å². The van der Waals surface area contributed by atoms with Crippen LogP contribution in [0.15, 0.2) is 71.6 Å². The smallest absolute Gasteiger partial charge is 0.338 e. The summed E-state index contributed by atoms with van der Waals surface area (Å²) in [5, 5.41) is 2.99. The first-order valence-corrected chi connectivity index (χ1v) is 11.9. The molecule has 8 nitrogen and oxygen atoms in total. The summed E-state index contributed by atoms with van der Waals surface area (Å²) in [6.07, 6.45) is 0. The predicted octanol–water partition coefficient (Wildman–Crippen LogP) is 4.28. The number of methoxy groups -OCH3 is 2. The van der Waals surface area contributed by atoms with Gasteiger partial charge in [-0.3, -0.25) is 9.10 Å². The van der Waals surface area contributed by atoms with Gasteiger partial charge in [0.15, 0.2) is 0 Å². The molecule has 0 heterocycles. The number of amides is 1. The monoisotopic (exact) mass is 502 g/mol. The molecule has 1 amide bonds. The van der Waals surface area contributed by atoms with E-state index >= 15 is 0 Å². The minimum Gasteiger partial charge on any atom is -0.497 e. The molecule has 1 N–H and O–H groups in total. The van der Waals surface area contributed by atoms with Crippen LogP contribution in [0.3, 0.4) is 0 Å². The van der Waals surface area contributed by atoms with E-state index < -0.39 is 28.4 Å². The number of hydrogen-bond acceptors (Lipinski definition) is 6. The van der Waals surface area contributed by atoms with Crippen molar-refractivity contribution in [1.82, 2.24) is 0 Å². The average Bonchev–Trinajstić information content (AvgIpc) is 2.83. The molecule has 3 rings (SSSR count). The van der Waals surface area contributed by atoms with E-state index in [4.69, 9.17) is 21.1 Å². The summed E-state index contributed by atoms with van der Waals surface area (Å²) in [6.45, 7) is 1.13. The van der Waals surface area contributed by atoms with Crippen LogP contribution >= 0.6 is 11.6 Å². The van der Waals surface area contributed by atoms with Crippen LogP contribution in [0.1, 0.15) is 15.9 Å². The highest BCUT2D eigenvalue weighted by atomic mass is 35.5. The van der Waals surface area contributed by atoms with Gasteiger partial charge >= 0.3 is 5.97 Å². The van der Waals surface area contributed by atoms with E-state index in [-0.39, 0.29) is 16.1 Å². The number of sulfonamides is 1. The number of esters is 1. The van der Waals surface area contributed by atoms with Crippen molar-refractivity contribution in [2.45, 2.75) is 11.8 Å². The Hall–Kier alpha value is -3.56. The van der Waals surface area contributed by atoms with E-state index in [1.807, 2.05) is 0 Å². The number of rotatable bonds is 8. The lowest BCUT2D eigenvalue weighted by molar-refractivity contribution is -0.114. The zero-order chi connectivity index (χ0) is 24.9. The summed E-state index contributed by atoms with van der Waals surface area (Å²) >= 11 is 6.09. The van der Waals surface area contributed by atoms with E-state index in [1.165, 1.54) is 44.6 Å². The van der Waals surface area contributed by atoms with E-state index in [2.05, 4.69) is 5.32 Å². The molecule has 0 saturated heterocycles. The molecule has 0 atom stereocenters. The highest BCUT2D eigenvalue weighted by Gasteiger charge is 2.28. The fourth-order valence-electron chi connectivity index (χ4n) is 3.24. The lowest BCUT2D eigenvalue weighted by atomic mass is 10.1. The molecular weight excluding hydrogens is 480 g/mol. The Morgan fingerprint density at radius 2 is 1.68 bits per heavy atom. The molecule has 0 aliphatic carbocycles. The van der Waals surface area contributed by atoms with Crippen molar-refractivity contribution in [1.29, 1.82) is 0 Å². The van der Waals surface area contributed by atoms with E-state index in [0.29, 0.717) is 22.0 Å². The molecule has 0 saturated carbocycles. The van der Waals surface area contributed by atoms with Crippen LogP contribution in [0.25, 0.3) is 0 Å². The molecule has 0 unspecified atom stereocenters. The lowest BCUT2D eigenvalue weighted by Gasteiger charge is -2.24. The van der Waals surface area contributed by atoms with Gasteiger partial charge in [-0.2, -0.15) is 0 Å². The number of hydrogen-bond donors (Lipinski definition) is 1. The third kappa shape index (κ3) is 5.49. The molecule has 0 aliphatic heterocycles. The van der Waals surface area contributed by atoms with Gasteiger partial charge in [-0.05, 0) is 67.1 Å². The topological polar surface area (TPSA) is 102 Å². The molecule has 0 aromatic heterocycles. The third-order valence-electron chi connectivity index (χ3n) is 5.04. The van der Waals surface area contributed by atoms with Crippen LogP contribution in [0.5, 0.6) is 5.75 Å². The maximum absolute atomic E-state index is 13.5. The fourth-order valence-corrected chi connectivity index (χ4v) is 4.84. The number of carbonyl (C=O) groups excluding carboxylic acids is 2. The zero-order valence-corrected chi connectivity index (χ0v) is 20.3. The number of nitrogens with one attached hydrogen (secondary N) is 1. The Balaban J connectivity index is 1.95. The SMILES string of the molecule is COC(=O)c1cccc(NC(=O)CN(c2cccc(Cl)c2)S(=O)(=O)c2ccc(OC)cc2)c1C. The number of benzene rings is 3. The largest absolute Gasteiger partial charge is 0.497 e. The number of ether oxygens (including phenoxy) is 2. The van der Waals surface area contributed by atoms with Crippen molar-refractivity contribution in [2.24, 2.45) is 0 Å². The Bertz CT molecular complexity index is 1310. The van der Waals surface area contributed by atoms with Gasteiger partial charge in [-0.1, -0.05) is 23.7 Å². The summed E-state index contributed by atoms with van der Waals surface area (Å²) in [5.74, 6) is -0.662. The highest BCUT2D eigenvalue weighted by Crippen LogP contribution is 2.27. The summed E-state index contributed by atoms with van der Waals surface area (Å²) < 4.78 is 37.8. The minimum atomic E-state index is -4.13. The van der Waals surface area contributed by atoms with Gasteiger partial charge in [0.25, 0.3) is 10.0 Å². The molecular formula is C24H23ClN2O6S. The van der Waals surface area contributed by atoms with Crippen molar-refractivity contribution in [3.8, 4) is 5.75 Å². The molecule has 3 aromatic rings. The quantitative estimate of drug-likeness (QED) is 0.461. The van der Waals surface area contributed by atoms with E-state index in [9.17, 15) is 18.0 Å². The summed E-state index contributed by atoms with van der Waals surface area (Å²) in [6, 6.07) is 16.8. The van der Waals surface area contributed by atoms with Crippen molar-refractivity contribution in [3.05, 3.63) is 82.9 Å². The van der Waals surface area contributed by atoms with Crippen molar-refractivity contribution in [3.63, 3.8) is 0 Å². The molecule has 0 radical (unpaired) electrons. The van der Waals surface area contributed by atoms with E-state index in [0.717, 1.165) is 4.31 Å². The van der Waals surface area contributed by atoms with Crippen LogP contribution in [-0.2, 0) is 19.6 Å². The molecule has 10 heteroatoms. The van der Waals surface area contributed by atoms with Crippen LogP contribution in [0.4, 0.5) is 11.4 Å². The zero-order valence-electron chi connectivity index (χ0n) is 18.7. The number of anilines is 2. The number of halogens is 1. The molecule has 0 spiro atoms. The van der Waals surface area contributed by atoms with Gasteiger partial charge in [0.05, 0.1) is 30.4 Å². The van der Waals surface area contributed by atoms with Crippen molar-refractivity contribution in [2.75, 3.05) is 30.4 Å². The number of nitrogens with zero attached hydrogens (tertiary/aromatic N) is 1. The first kappa shape index (κ1) is 25.1.